The molecule has 5 atom stereocenters. The Hall–Kier alpha value is -2.87. The molecule has 0 aromatic rings. The molecular formula is C28H35NO7. The van der Waals surface area contributed by atoms with Crippen molar-refractivity contribution in [2.75, 3.05) is 26.8 Å². The van der Waals surface area contributed by atoms with Gasteiger partial charge in [0.05, 0.1) is 17.6 Å². The van der Waals surface area contributed by atoms with E-state index in [1.165, 1.54) is 14.0 Å². The molecule has 3 unspecified atom stereocenters. The second-order valence-corrected chi connectivity index (χ2v) is 11.1. The normalized spacial score (nSPS) is 37.2. The molecule has 0 spiro atoms. The topological polar surface area (TPSA) is 102 Å². The molecule has 0 radical (unpaired) electrons. The van der Waals surface area contributed by atoms with Crippen molar-refractivity contribution in [3.8, 4) is 0 Å². The molecule has 1 saturated carbocycles. The minimum absolute atomic E-state index is 0.0580. The van der Waals surface area contributed by atoms with Gasteiger partial charge in [-0.2, -0.15) is 0 Å². The third-order valence-electron chi connectivity index (χ3n) is 9.12. The molecule has 5 rings (SSSR count). The molecule has 0 amide bonds. The van der Waals surface area contributed by atoms with Crippen molar-refractivity contribution >= 4 is 17.7 Å². The van der Waals surface area contributed by atoms with Crippen molar-refractivity contribution in [2.45, 2.75) is 65.1 Å². The van der Waals surface area contributed by atoms with E-state index in [1.54, 1.807) is 6.20 Å². The highest BCUT2D eigenvalue weighted by molar-refractivity contribution is 6.13. The molecule has 1 N–H and O–H groups in total. The first-order valence-corrected chi connectivity index (χ1v) is 12.8. The van der Waals surface area contributed by atoms with Crippen LogP contribution in [0.2, 0.25) is 0 Å². The van der Waals surface area contributed by atoms with Gasteiger partial charge < -0.3 is 24.2 Å². The maximum atomic E-state index is 14.0. The van der Waals surface area contributed by atoms with Crippen molar-refractivity contribution in [1.82, 2.24) is 4.90 Å². The fourth-order valence-electron chi connectivity index (χ4n) is 7.26. The number of Topliss-reactive ketones (excluding diaryl/α,β-unsaturated/α-hetero) is 1. The van der Waals surface area contributed by atoms with Gasteiger partial charge >= 0.3 is 11.9 Å². The number of ketones is 1. The van der Waals surface area contributed by atoms with Crippen molar-refractivity contribution in [2.24, 2.45) is 16.7 Å². The van der Waals surface area contributed by atoms with Gasteiger partial charge in [0, 0.05) is 44.5 Å². The largest absolute Gasteiger partial charge is 0.504 e. The maximum Gasteiger partial charge on any atom is 0.340 e. The zero-order valence-corrected chi connectivity index (χ0v) is 21.5. The number of hydrogen-bond donors (Lipinski definition) is 1. The molecule has 2 aliphatic heterocycles. The summed E-state index contributed by atoms with van der Waals surface area (Å²) in [6, 6.07) is 0. The zero-order valence-electron chi connectivity index (χ0n) is 21.5. The van der Waals surface area contributed by atoms with E-state index in [0.29, 0.717) is 17.6 Å². The van der Waals surface area contributed by atoms with E-state index in [4.69, 9.17) is 14.2 Å². The number of rotatable bonds is 4. The third-order valence-corrected chi connectivity index (χ3v) is 9.12. The lowest BCUT2D eigenvalue weighted by molar-refractivity contribution is -0.160. The monoisotopic (exact) mass is 497 g/mol. The van der Waals surface area contributed by atoms with E-state index in [-0.39, 0.29) is 23.7 Å². The molecule has 8 nitrogen and oxygen atoms in total. The molecule has 2 heterocycles. The van der Waals surface area contributed by atoms with Crippen LogP contribution in [0, 0.1) is 16.7 Å². The molecule has 0 aromatic heterocycles. The summed E-state index contributed by atoms with van der Waals surface area (Å²) in [6.45, 7) is 11.2. The SMILES string of the molecule is C=C1CCC2C3=C(C(OC(C)=O)C[C@]12C)[C@]1(C)C(=C(O)C3=O)/C(=C\N2CCCC2)C(=O)OC1COC. The van der Waals surface area contributed by atoms with Crippen molar-refractivity contribution in [3.05, 3.63) is 46.4 Å². The van der Waals surface area contributed by atoms with Crippen LogP contribution in [0.15, 0.2) is 46.4 Å². The number of aliphatic hydroxyl groups is 1. The summed E-state index contributed by atoms with van der Waals surface area (Å²) in [5.41, 5.74) is 0.963. The van der Waals surface area contributed by atoms with Crippen LogP contribution in [0.5, 0.6) is 0 Å². The summed E-state index contributed by atoms with van der Waals surface area (Å²) in [5, 5.41) is 11.5. The van der Waals surface area contributed by atoms with Crippen LogP contribution >= 0.6 is 0 Å². The lowest BCUT2D eigenvalue weighted by atomic mass is 9.53. The number of nitrogens with zero attached hydrogens (tertiary/aromatic N) is 1. The summed E-state index contributed by atoms with van der Waals surface area (Å²) in [6.07, 6.45) is 4.12. The lowest BCUT2D eigenvalue weighted by Gasteiger charge is -2.53. The Morgan fingerprint density at radius 3 is 2.61 bits per heavy atom. The number of methoxy groups -OCH3 is 1. The highest BCUT2D eigenvalue weighted by Crippen LogP contribution is 2.64. The molecule has 3 aliphatic carbocycles. The van der Waals surface area contributed by atoms with Gasteiger partial charge in [-0.1, -0.05) is 19.1 Å². The molecule has 5 aliphatic rings. The summed E-state index contributed by atoms with van der Waals surface area (Å²) in [7, 11) is 1.52. The lowest BCUT2D eigenvalue weighted by Crippen LogP contribution is -2.56. The number of fused-ring (bicyclic) bond motifs is 4. The average Bonchev–Trinajstić information content (AvgIpc) is 3.42. The Bertz CT molecular complexity index is 1140. The zero-order chi connectivity index (χ0) is 26.0. The Balaban J connectivity index is 1.77. The van der Waals surface area contributed by atoms with Crippen LogP contribution in [0.4, 0.5) is 0 Å². The number of carbonyl (C=O) groups is 3. The van der Waals surface area contributed by atoms with Crippen LogP contribution in [0.1, 0.15) is 52.9 Å². The summed E-state index contributed by atoms with van der Waals surface area (Å²) in [5.74, 6) is -2.16. The highest BCUT2D eigenvalue weighted by Gasteiger charge is 2.63. The first kappa shape index (κ1) is 24.8. The van der Waals surface area contributed by atoms with Gasteiger partial charge in [-0.3, -0.25) is 9.59 Å². The van der Waals surface area contributed by atoms with Crippen LogP contribution in [-0.4, -0.2) is 66.7 Å². The fraction of sp³-hybridized carbons (Fsp3) is 0.607. The molecule has 2 saturated heterocycles. The first-order chi connectivity index (χ1) is 17.0. The smallest absolute Gasteiger partial charge is 0.340 e. The van der Waals surface area contributed by atoms with E-state index in [2.05, 4.69) is 13.5 Å². The predicted molar refractivity (Wildman–Crippen MR) is 131 cm³/mol. The number of esters is 2. The van der Waals surface area contributed by atoms with Crippen LogP contribution in [0.25, 0.3) is 0 Å². The molecule has 194 valence electrons. The third kappa shape index (κ3) is 3.40. The van der Waals surface area contributed by atoms with E-state index < -0.39 is 46.5 Å². The summed E-state index contributed by atoms with van der Waals surface area (Å²) in [4.78, 5) is 41.5. The fourth-order valence-corrected chi connectivity index (χ4v) is 7.26. The molecule has 36 heavy (non-hydrogen) atoms. The summed E-state index contributed by atoms with van der Waals surface area (Å²) >= 11 is 0. The highest BCUT2D eigenvalue weighted by atomic mass is 16.6. The standard InChI is InChI=1S/C28H35NO7/c1-15-8-9-18-21-23(19(35-16(2)30)12-27(15,18)3)28(4)20(14-34-5)36-26(33)17(13-29-10-6-7-11-29)22(28)25(32)24(21)31/h13,18-20,32H,1,6-12,14H2,2-5H3/b17-13+/t18?,19?,20?,27-,28+/m1/s1. The molecule has 0 aromatic carbocycles. The van der Waals surface area contributed by atoms with Crippen LogP contribution in [-0.2, 0) is 28.6 Å². The van der Waals surface area contributed by atoms with Gasteiger partial charge in [-0.25, -0.2) is 4.79 Å². The van der Waals surface area contributed by atoms with Gasteiger partial charge in [0.25, 0.3) is 0 Å². The van der Waals surface area contributed by atoms with E-state index in [0.717, 1.165) is 44.3 Å². The number of hydrogen-bond acceptors (Lipinski definition) is 8. The minimum atomic E-state index is -1.12. The van der Waals surface area contributed by atoms with E-state index >= 15 is 0 Å². The van der Waals surface area contributed by atoms with Gasteiger partial charge in [0.1, 0.15) is 12.2 Å². The van der Waals surface area contributed by atoms with Crippen molar-refractivity contribution in [3.63, 3.8) is 0 Å². The Morgan fingerprint density at radius 2 is 1.97 bits per heavy atom. The summed E-state index contributed by atoms with van der Waals surface area (Å²) < 4.78 is 17.3. The maximum absolute atomic E-state index is 14.0. The molecule has 8 heteroatoms. The second-order valence-electron chi connectivity index (χ2n) is 11.1. The van der Waals surface area contributed by atoms with Gasteiger partial charge in [0.2, 0.25) is 5.78 Å². The van der Waals surface area contributed by atoms with E-state index in [1.807, 2.05) is 11.8 Å². The minimum Gasteiger partial charge on any atom is -0.504 e. The Morgan fingerprint density at radius 1 is 1.28 bits per heavy atom. The quantitative estimate of drug-likeness (QED) is 0.358. The van der Waals surface area contributed by atoms with Gasteiger partial charge in [0.15, 0.2) is 5.76 Å². The second kappa shape index (κ2) is 8.61. The number of aliphatic hydroxyl groups excluding tert-OH is 1. The first-order valence-electron chi connectivity index (χ1n) is 12.8. The number of ether oxygens (including phenoxy) is 3. The Labute approximate surface area is 211 Å². The molecule has 0 bridgehead atoms. The van der Waals surface area contributed by atoms with Gasteiger partial charge in [-0.15, -0.1) is 0 Å². The number of likely N-dealkylation sites (tertiary alicyclic amines) is 1. The number of carbonyl (C=O) groups excluding carboxylic acids is 3. The van der Waals surface area contributed by atoms with Crippen LogP contribution in [0.3, 0.4) is 0 Å². The predicted octanol–water partition coefficient (Wildman–Crippen LogP) is 3.54. The Kier molecular flexibility index (Phi) is 5.93. The molecular weight excluding hydrogens is 462 g/mol. The van der Waals surface area contributed by atoms with Crippen LogP contribution < -0.4 is 0 Å². The molecule has 3 fully saturated rings. The van der Waals surface area contributed by atoms with Gasteiger partial charge in [-0.05, 0) is 55.9 Å². The van der Waals surface area contributed by atoms with Crippen molar-refractivity contribution < 1.29 is 33.7 Å². The van der Waals surface area contributed by atoms with Crippen molar-refractivity contribution in [1.29, 1.82) is 0 Å². The number of allylic oxidation sites excluding steroid dienone is 2. The van der Waals surface area contributed by atoms with E-state index in [9.17, 15) is 19.5 Å². The number of cyclic esters (lactones) is 1. The average molecular weight is 498 g/mol.